The van der Waals surface area contributed by atoms with Gasteiger partial charge in [0, 0.05) is 19.1 Å². The largest absolute Gasteiger partial charge is 0.354 e. The van der Waals surface area contributed by atoms with Crippen LogP contribution in [0.1, 0.15) is 18.9 Å². The molecule has 3 rings (SSSR count). The molecular formula is C11H16N6. The molecule has 1 saturated heterocycles. The first-order valence-electron chi connectivity index (χ1n) is 5.96. The fraction of sp³-hybridized carbons (Fsp3) is 0.636. The highest BCUT2D eigenvalue weighted by atomic mass is 15.3. The van der Waals surface area contributed by atoms with Crippen molar-refractivity contribution in [2.75, 3.05) is 18.0 Å². The van der Waals surface area contributed by atoms with Gasteiger partial charge in [0.1, 0.15) is 12.1 Å². The molecule has 2 aliphatic rings. The number of hydrogen-bond donors (Lipinski definition) is 1. The van der Waals surface area contributed by atoms with Gasteiger partial charge in [0.15, 0.2) is 5.82 Å². The first-order chi connectivity index (χ1) is 8.24. The molecule has 0 radical (unpaired) electrons. The molecule has 0 aromatic carbocycles. The van der Waals surface area contributed by atoms with Gasteiger partial charge in [-0.05, 0) is 12.3 Å². The summed E-state index contributed by atoms with van der Waals surface area (Å²) in [6.45, 7) is 4.67. The number of piperidine rings is 1. The highest BCUT2D eigenvalue weighted by Crippen LogP contribution is 2.32. The van der Waals surface area contributed by atoms with Crippen LogP contribution in [0.25, 0.3) is 0 Å². The summed E-state index contributed by atoms with van der Waals surface area (Å²) in [4.78, 5) is 10.8. The number of hydrogen-bond acceptors (Lipinski definition) is 6. The summed E-state index contributed by atoms with van der Waals surface area (Å²) in [6, 6.07) is 0.222. The number of azo groups is 1. The molecule has 1 aromatic rings. The van der Waals surface area contributed by atoms with Crippen molar-refractivity contribution in [2.24, 2.45) is 21.9 Å². The van der Waals surface area contributed by atoms with Crippen molar-refractivity contribution in [3.63, 3.8) is 0 Å². The fourth-order valence-corrected chi connectivity index (χ4v) is 2.64. The van der Waals surface area contributed by atoms with Gasteiger partial charge in [-0.1, -0.05) is 6.92 Å². The molecule has 1 aromatic heterocycles. The van der Waals surface area contributed by atoms with Crippen LogP contribution in [0.2, 0.25) is 0 Å². The normalized spacial score (nSPS) is 27.3. The minimum Gasteiger partial charge on any atom is -0.354 e. The number of aromatic nitrogens is 2. The zero-order valence-electron chi connectivity index (χ0n) is 9.87. The Morgan fingerprint density at radius 2 is 2.24 bits per heavy atom. The molecule has 3 heterocycles. The molecule has 0 unspecified atom stereocenters. The molecule has 2 aliphatic heterocycles. The van der Waals surface area contributed by atoms with Gasteiger partial charge in [-0.3, -0.25) is 0 Å². The molecule has 90 valence electrons. The number of nitrogens with zero attached hydrogens (tertiary/aromatic N) is 5. The summed E-state index contributed by atoms with van der Waals surface area (Å²) >= 11 is 0. The summed E-state index contributed by atoms with van der Waals surface area (Å²) in [5.74, 6) is 2.27. The lowest BCUT2D eigenvalue weighted by Gasteiger charge is -2.36. The molecule has 1 fully saturated rings. The minimum atomic E-state index is 0.222. The molecule has 0 spiro atoms. The number of nitrogens with two attached hydrogens (primary N) is 1. The average Bonchev–Trinajstić information content (AvgIpc) is 2.75. The van der Waals surface area contributed by atoms with Crippen LogP contribution < -0.4 is 10.6 Å². The van der Waals surface area contributed by atoms with Crippen LogP contribution in [0.5, 0.6) is 0 Å². The van der Waals surface area contributed by atoms with E-state index in [0.717, 1.165) is 30.9 Å². The summed E-state index contributed by atoms with van der Waals surface area (Å²) in [5.41, 5.74) is 7.10. The third kappa shape index (κ3) is 1.88. The van der Waals surface area contributed by atoms with Crippen LogP contribution in [-0.4, -0.2) is 29.1 Å². The molecule has 17 heavy (non-hydrogen) atoms. The first-order valence-corrected chi connectivity index (χ1v) is 5.96. The second-order valence-corrected chi connectivity index (χ2v) is 4.90. The molecule has 0 saturated carbocycles. The maximum absolute atomic E-state index is 6.07. The molecule has 6 nitrogen and oxygen atoms in total. The van der Waals surface area contributed by atoms with E-state index in [1.54, 1.807) is 6.33 Å². The van der Waals surface area contributed by atoms with Gasteiger partial charge < -0.3 is 10.6 Å². The van der Waals surface area contributed by atoms with Gasteiger partial charge in [0.25, 0.3) is 0 Å². The number of fused-ring (bicyclic) bond motifs is 1. The van der Waals surface area contributed by atoms with E-state index in [0.29, 0.717) is 18.3 Å². The second kappa shape index (κ2) is 4.03. The maximum Gasteiger partial charge on any atom is 0.184 e. The van der Waals surface area contributed by atoms with E-state index in [9.17, 15) is 0 Å². The Hall–Kier alpha value is -1.56. The maximum atomic E-state index is 6.07. The fourth-order valence-electron chi connectivity index (χ4n) is 2.64. The molecule has 0 amide bonds. The van der Waals surface area contributed by atoms with Crippen molar-refractivity contribution < 1.29 is 0 Å². The zero-order chi connectivity index (χ0) is 11.8. The predicted molar refractivity (Wildman–Crippen MR) is 64.2 cm³/mol. The Labute approximate surface area is 100.0 Å². The van der Waals surface area contributed by atoms with E-state index in [2.05, 4.69) is 32.0 Å². The van der Waals surface area contributed by atoms with E-state index >= 15 is 0 Å². The molecule has 6 heteroatoms. The van der Waals surface area contributed by atoms with Crippen LogP contribution in [0.3, 0.4) is 0 Å². The Morgan fingerprint density at radius 3 is 3.06 bits per heavy atom. The third-order valence-electron chi connectivity index (χ3n) is 3.29. The summed E-state index contributed by atoms with van der Waals surface area (Å²) in [6.07, 6.45) is 2.64. The van der Waals surface area contributed by atoms with Crippen molar-refractivity contribution in [1.82, 2.24) is 9.97 Å². The number of rotatable bonds is 1. The molecule has 2 N–H and O–H groups in total. The third-order valence-corrected chi connectivity index (χ3v) is 3.29. The van der Waals surface area contributed by atoms with Crippen molar-refractivity contribution in [1.29, 1.82) is 0 Å². The van der Waals surface area contributed by atoms with Gasteiger partial charge >= 0.3 is 0 Å². The molecule has 0 aliphatic carbocycles. The van der Waals surface area contributed by atoms with Gasteiger partial charge in [-0.2, -0.15) is 5.11 Å². The number of anilines is 1. The zero-order valence-corrected chi connectivity index (χ0v) is 9.87. The van der Waals surface area contributed by atoms with Crippen molar-refractivity contribution >= 4 is 11.6 Å². The van der Waals surface area contributed by atoms with E-state index in [1.165, 1.54) is 0 Å². The summed E-state index contributed by atoms with van der Waals surface area (Å²) in [5, 5.41) is 8.02. The highest BCUT2D eigenvalue weighted by Gasteiger charge is 2.27. The van der Waals surface area contributed by atoms with Crippen LogP contribution in [0.4, 0.5) is 11.6 Å². The van der Waals surface area contributed by atoms with Gasteiger partial charge in [-0.25, -0.2) is 9.97 Å². The lowest BCUT2D eigenvalue weighted by atomic mass is 9.96. The monoisotopic (exact) mass is 232 g/mol. The van der Waals surface area contributed by atoms with Crippen LogP contribution >= 0.6 is 0 Å². The topological polar surface area (TPSA) is 79.8 Å². The average molecular weight is 232 g/mol. The Morgan fingerprint density at radius 1 is 1.35 bits per heavy atom. The van der Waals surface area contributed by atoms with E-state index in [-0.39, 0.29) is 6.04 Å². The minimum absolute atomic E-state index is 0.222. The first kappa shape index (κ1) is 10.6. The smallest absolute Gasteiger partial charge is 0.184 e. The van der Waals surface area contributed by atoms with Crippen molar-refractivity contribution in [2.45, 2.75) is 25.9 Å². The lowest BCUT2D eigenvalue weighted by molar-refractivity contribution is 0.399. The van der Waals surface area contributed by atoms with Crippen molar-refractivity contribution in [3.8, 4) is 0 Å². The van der Waals surface area contributed by atoms with E-state index in [1.807, 2.05) is 0 Å². The summed E-state index contributed by atoms with van der Waals surface area (Å²) < 4.78 is 0. The van der Waals surface area contributed by atoms with E-state index < -0.39 is 0 Å². The molecule has 0 bridgehead atoms. The van der Waals surface area contributed by atoms with Gasteiger partial charge in [0.2, 0.25) is 0 Å². The Kier molecular flexibility index (Phi) is 2.51. The standard InChI is InChI=1S/C11H16N6/c1-7-2-8(12)5-17(4-7)11-9-3-15-16-10(9)13-6-14-11/h6-8H,2-5,12H2,1H3/t7-,8+/m0/s1. The Bertz CT molecular complexity index is 447. The Balaban J connectivity index is 1.92. The predicted octanol–water partition coefficient (Wildman–Crippen LogP) is 1.25. The quantitative estimate of drug-likeness (QED) is 0.790. The van der Waals surface area contributed by atoms with Crippen LogP contribution in [-0.2, 0) is 6.54 Å². The lowest BCUT2D eigenvalue weighted by Crippen LogP contribution is -2.47. The van der Waals surface area contributed by atoms with Gasteiger partial charge in [-0.15, -0.1) is 5.11 Å². The molecule has 2 atom stereocenters. The van der Waals surface area contributed by atoms with Crippen molar-refractivity contribution in [3.05, 3.63) is 11.9 Å². The molecular weight excluding hydrogens is 216 g/mol. The van der Waals surface area contributed by atoms with Crippen LogP contribution in [0, 0.1) is 5.92 Å². The highest BCUT2D eigenvalue weighted by molar-refractivity contribution is 5.57. The van der Waals surface area contributed by atoms with Gasteiger partial charge in [0.05, 0.1) is 12.1 Å². The van der Waals surface area contributed by atoms with E-state index in [4.69, 9.17) is 5.73 Å². The second-order valence-electron chi connectivity index (χ2n) is 4.90. The van der Waals surface area contributed by atoms with Crippen LogP contribution in [0.15, 0.2) is 16.6 Å². The SMILES string of the molecule is C[C@H]1C[C@@H](N)CN(c2ncnc3c2CN=N3)C1. The summed E-state index contributed by atoms with van der Waals surface area (Å²) in [7, 11) is 0.